The number of phenols is 1. The summed E-state index contributed by atoms with van der Waals surface area (Å²) in [4.78, 5) is 10.6. The molecule has 0 fully saturated rings. The standard InChI is InChI=1S/C11H12N2O4/c1-17-10-4-9(14)7(5-12)2-6(10)3-8(13)11(15)16/h2,4,8,14H,3,13H2,1H3,(H,15,16). The van der Waals surface area contributed by atoms with Gasteiger partial charge in [0.25, 0.3) is 0 Å². The van der Waals surface area contributed by atoms with E-state index < -0.39 is 12.0 Å². The lowest BCUT2D eigenvalue weighted by atomic mass is 10.0. The Morgan fingerprint density at radius 3 is 2.76 bits per heavy atom. The molecular weight excluding hydrogens is 224 g/mol. The van der Waals surface area contributed by atoms with Crippen molar-refractivity contribution in [2.45, 2.75) is 12.5 Å². The third-order valence-corrected chi connectivity index (χ3v) is 2.28. The van der Waals surface area contributed by atoms with Gasteiger partial charge in [-0.3, -0.25) is 4.79 Å². The molecule has 0 radical (unpaired) electrons. The van der Waals surface area contributed by atoms with Crippen molar-refractivity contribution >= 4 is 5.97 Å². The lowest BCUT2D eigenvalue weighted by Crippen LogP contribution is -2.32. The van der Waals surface area contributed by atoms with Crippen LogP contribution >= 0.6 is 0 Å². The molecule has 0 heterocycles. The molecule has 1 unspecified atom stereocenters. The molecule has 90 valence electrons. The number of phenolic OH excluding ortho intramolecular Hbond substituents is 1. The first-order valence-electron chi connectivity index (χ1n) is 4.78. The van der Waals surface area contributed by atoms with Crippen LogP contribution in [0.15, 0.2) is 12.1 Å². The number of carbonyl (C=O) groups is 1. The highest BCUT2D eigenvalue weighted by Gasteiger charge is 2.17. The zero-order valence-electron chi connectivity index (χ0n) is 9.17. The average molecular weight is 236 g/mol. The molecule has 0 saturated carbocycles. The third kappa shape index (κ3) is 2.86. The molecule has 0 aliphatic rings. The van der Waals surface area contributed by atoms with Crippen molar-refractivity contribution in [3.63, 3.8) is 0 Å². The van der Waals surface area contributed by atoms with Crippen molar-refractivity contribution in [1.82, 2.24) is 0 Å². The molecule has 1 atom stereocenters. The summed E-state index contributed by atoms with van der Waals surface area (Å²) in [5, 5.41) is 26.9. The molecule has 0 bridgehead atoms. The van der Waals surface area contributed by atoms with Gasteiger partial charge in [-0.2, -0.15) is 5.26 Å². The van der Waals surface area contributed by atoms with E-state index in [1.165, 1.54) is 19.2 Å². The van der Waals surface area contributed by atoms with Crippen LogP contribution < -0.4 is 10.5 Å². The zero-order valence-corrected chi connectivity index (χ0v) is 9.17. The van der Waals surface area contributed by atoms with Crippen LogP contribution in [0.25, 0.3) is 0 Å². The Balaban J connectivity index is 3.13. The Morgan fingerprint density at radius 2 is 2.29 bits per heavy atom. The molecule has 0 amide bonds. The number of carboxylic acids is 1. The molecule has 6 heteroatoms. The van der Waals surface area contributed by atoms with E-state index in [0.29, 0.717) is 11.3 Å². The van der Waals surface area contributed by atoms with Crippen LogP contribution in [-0.4, -0.2) is 29.3 Å². The molecule has 0 aromatic heterocycles. The molecule has 1 rings (SSSR count). The summed E-state index contributed by atoms with van der Waals surface area (Å²) >= 11 is 0. The number of hydrogen-bond donors (Lipinski definition) is 3. The summed E-state index contributed by atoms with van der Waals surface area (Å²) in [5.41, 5.74) is 5.92. The highest BCUT2D eigenvalue weighted by atomic mass is 16.5. The molecule has 1 aromatic rings. The number of aliphatic carboxylic acids is 1. The number of nitrogens with two attached hydrogens (primary N) is 1. The SMILES string of the molecule is COc1cc(O)c(C#N)cc1CC(N)C(=O)O. The molecule has 17 heavy (non-hydrogen) atoms. The minimum atomic E-state index is -1.14. The molecule has 6 nitrogen and oxygen atoms in total. The monoisotopic (exact) mass is 236 g/mol. The van der Waals surface area contributed by atoms with Gasteiger partial charge >= 0.3 is 5.97 Å². The van der Waals surface area contributed by atoms with Gasteiger partial charge in [0.2, 0.25) is 0 Å². The minimum absolute atomic E-state index is 0.0213. The van der Waals surface area contributed by atoms with Crippen LogP contribution in [0.3, 0.4) is 0 Å². The van der Waals surface area contributed by atoms with E-state index in [1.807, 2.05) is 0 Å². The number of nitrogens with zero attached hydrogens (tertiary/aromatic N) is 1. The second-order valence-electron chi connectivity index (χ2n) is 3.44. The molecule has 0 spiro atoms. The number of hydrogen-bond acceptors (Lipinski definition) is 5. The zero-order chi connectivity index (χ0) is 13.0. The normalized spacial score (nSPS) is 11.6. The van der Waals surface area contributed by atoms with E-state index >= 15 is 0 Å². The van der Waals surface area contributed by atoms with Gasteiger partial charge in [0.1, 0.15) is 23.6 Å². The van der Waals surface area contributed by atoms with Gasteiger partial charge in [-0.05, 0) is 11.6 Å². The predicted molar refractivity (Wildman–Crippen MR) is 58.7 cm³/mol. The van der Waals surface area contributed by atoms with Crippen molar-refractivity contribution in [2.75, 3.05) is 7.11 Å². The van der Waals surface area contributed by atoms with Crippen LogP contribution in [-0.2, 0) is 11.2 Å². The van der Waals surface area contributed by atoms with Crippen LogP contribution in [0, 0.1) is 11.3 Å². The molecule has 0 saturated heterocycles. The van der Waals surface area contributed by atoms with Gasteiger partial charge in [-0.25, -0.2) is 0 Å². The van der Waals surface area contributed by atoms with E-state index in [0.717, 1.165) is 0 Å². The summed E-state index contributed by atoms with van der Waals surface area (Å²) < 4.78 is 4.99. The number of nitriles is 1. The smallest absolute Gasteiger partial charge is 0.320 e. The highest BCUT2D eigenvalue weighted by molar-refractivity contribution is 5.73. The lowest BCUT2D eigenvalue weighted by Gasteiger charge is -2.12. The minimum Gasteiger partial charge on any atom is -0.506 e. The Kier molecular flexibility index (Phi) is 3.91. The first-order chi connectivity index (χ1) is 7.99. The molecule has 1 aromatic carbocycles. The van der Waals surface area contributed by atoms with Crippen molar-refractivity contribution in [2.24, 2.45) is 5.73 Å². The second-order valence-corrected chi connectivity index (χ2v) is 3.44. The maximum Gasteiger partial charge on any atom is 0.320 e. The first-order valence-corrected chi connectivity index (χ1v) is 4.78. The van der Waals surface area contributed by atoms with Gasteiger partial charge in [-0.15, -0.1) is 0 Å². The van der Waals surface area contributed by atoms with Gasteiger partial charge in [0.15, 0.2) is 0 Å². The lowest BCUT2D eigenvalue weighted by molar-refractivity contribution is -0.138. The summed E-state index contributed by atoms with van der Waals surface area (Å²) in [6, 6.07) is 3.35. The van der Waals surface area contributed by atoms with Crippen LogP contribution in [0.5, 0.6) is 11.5 Å². The van der Waals surface area contributed by atoms with Gasteiger partial charge < -0.3 is 20.7 Å². The van der Waals surface area contributed by atoms with Crippen LogP contribution in [0.4, 0.5) is 0 Å². The topological polar surface area (TPSA) is 117 Å². The molecule has 4 N–H and O–H groups in total. The van der Waals surface area contributed by atoms with E-state index in [4.69, 9.17) is 20.8 Å². The third-order valence-electron chi connectivity index (χ3n) is 2.28. The number of ether oxygens (including phenoxy) is 1. The van der Waals surface area contributed by atoms with E-state index in [9.17, 15) is 9.90 Å². The van der Waals surface area contributed by atoms with Crippen molar-refractivity contribution in [3.8, 4) is 17.6 Å². The first kappa shape index (κ1) is 12.8. The fraction of sp³-hybridized carbons (Fsp3) is 0.273. The number of benzene rings is 1. The summed E-state index contributed by atoms with van der Waals surface area (Å²) in [7, 11) is 1.39. The van der Waals surface area contributed by atoms with Gasteiger partial charge in [0.05, 0.1) is 12.7 Å². The molecule has 0 aliphatic heterocycles. The predicted octanol–water partition coefficient (Wildman–Crippen LogP) is 0.227. The largest absolute Gasteiger partial charge is 0.506 e. The van der Waals surface area contributed by atoms with Crippen LogP contribution in [0.2, 0.25) is 0 Å². The van der Waals surface area contributed by atoms with E-state index in [2.05, 4.69) is 0 Å². The number of aromatic hydroxyl groups is 1. The number of methoxy groups -OCH3 is 1. The maximum atomic E-state index is 10.6. The van der Waals surface area contributed by atoms with Crippen molar-refractivity contribution in [3.05, 3.63) is 23.3 Å². The highest BCUT2D eigenvalue weighted by Crippen LogP contribution is 2.28. The van der Waals surface area contributed by atoms with Gasteiger partial charge in [-0.1, -0.05) is 0 Å². The van der Waals surface area contributed by atoms with Crippen molar-refractivity contribution < 1.29 is 19.7 Å². The Hall–Kier alpha value is -2.26. The molecular formula is C11H12N2O4. The summed E-state index contributed by atoms with van der Waals surface area (Å²) in [6.07, 6.45) is 0.0213. The Bertz CT molecular complexity index is 479. The Labute approximate surface area is 97.9 Å². The van der Waals surface area contributed by atoms with Gasteiger partial charge in [0, 0.05) is 12.5 Å². The Morgan fingerprint density at radius 1 is 1.65 bits per heavy atom. The van der Waals surface area contributed by atoms with Crippen LogP contribution in [0.1, 0.15) is 11.1 Å². The number of rotatable bonds is 4. The quantitative estimate of drug-likeness (QED) is 0.688. The fourth-order valence-electron chi connectivity index (χ4n) is 1.38. The molecule has 0 aliphatic carbocycles. The summed E-state index contributed by atoms with van der Waals surface area (Å²) in [6.45, 7) is 0. The van der Waals surface area contributed by atoms with Crippen molar-refractivity contribution in [1.29, 1.82) is 5.26 Å². The number of carboxylic acid groups (broad SMARTS) is 1. The maximum absolute atomic E-state index is 10.6. The van der Waals surface area contributed by atoms with E-state index in [1.54, 1.807) is 6.07 Å². The van der Waals surface area contributed by atoms with E-state index in [-0.39, 0.29) is 17.7 Å². The second kappa shape index (κ2) is 5.18. The fourth-order valence-corrected chi connectivity index (χ4v) is 1.38. The summed E-state index contributed by atoms with van der Waals surface area (Å²) in [5.74, 6) is -1.05. The average Bonchev–Trinajstić information content (AvgIpc) is 2.30.